The highest BCUT2D eigenvalue weighted by molar-refractivity contribution is 6.03. The van der Waals surface area contributed by atoms with Crippen LogP contribution in [0.3, 0.4) is 0 Å². The third-order valence-electron chi connectivity index (χ3n) is 6.96. The van der Waals surface area contributed by atoms with Gasteiger partial charge in [0.25, 0.3) is 5.91 Å². The largest absolute Gasteiger partial charge is 0.480 e. The van der Waals surface area contributed by atoms with Crippen molar-refractivity contribution in [3.8, 4) is 11.1 Å². The Morgan fingerprint density at radius 2 is 1.74 bits per heavy atom. The fraction of sp³-hybridized carbons (Fsp3) is 0.308. The number of benzene rings is 2. The van der Waals surface area contributed by atoms with Crippen molar-refractivity contribution in [2.24, 2.45) is 7.05 Å². The van der Waals surface area contributed by atoms with Gasteiger partial charge in [0.2, 0.25) is 0 Å². The maximum absolute atomic E-state index is 13.2. The Labute approximate surface area is 202 Å². The van der Waals surface area contributed by atoms with Crippen LogP contribution in [0.4, 0.5) is 10.5 Å². The van der Waals surface area contributed by atoms with E-state index in [9.17, 15) is 19.5 Å². The van der Waals surface area contributed by atoms with Crippen molar-refractivity contribution in [3.05, 3.63) is 71.5 Å². The molecule has 1 unspecified atom stereocenters. The van der Waals surface area contributed by atoms with E-state index in [1.54, 1.807) is 7.05 Å². The molecule has 2 aliphatic rings. The van der Waals surface area contributed by atoms with Crippen molar-refractivity contribution >= 4 is 23.7 Å². The summed E-state index contributed by atoms with van der Waals surface area (Å²) in [6.45, 7) is 1.97. The van der Waals surface area contributed by atoms with Crippen LogP contribution in [0.2, 0.25) is 0 Å². The first-order chi connectivity index (χ1) is 16.8. The molecule has 35 heavy (non-hydrogen) atoms. The summed E-state index contributed by atoms with van der Waals surface area (Å²) in [5.74, 6) is -1.70. The van der Waals surface area contributed by atoms with Gasteiger partial charge < -0.3 is 14.7 Å². The van der Waals surface area contributed by atoms with Gasteiger partial charge in [0, 0.05) is 25.7 Å². The maximum Gasteiger partial charge on any atom is 0.411 e. The van der Waals surface area contributed by atoms with E-state index in [1.165, 1.54) is 22.7 Å². The fourth-order valence-electron chi connectivity index (χ4n) is 5.12. The molecule has 180 valence electrons. The van der Waals surface area contributed by atoms with Gasteiger partial charge in [-0.3, -0.25) is 14.8 Å². The predicted octanol–water partition coefficient (Wildman–Crippen LogP) is 3.86. The maximum atomic E-state index is 13.2. The second-order valence-electron chi connectivity index (χ2n) is 9.15. The Balaban J connectivity index is 1.32. The van der Waals surface area contributed by atoms with Crippen molar-refractivity contribution in [2.75, 3.05) is 18.5 Å². The van der Waals surface area contributed by atoms with Crippen molar-refractivity contribution in [1.29, 1.82) is 0 Å². The number of aliphatic carboxylic acids is 1. The van der Waals surface area contributed by atoms with Gasteiger partial charge in [0.15, 0.2) is 5.69 Å². The minimum atomic E-state index is -1.31. The third-order valence-corrected chi connectivity index (χ3v) is 6.96. The molecule has 2 heterocycles. The van der Waals surface area contributed by atoms with Crippen LogP contribution in [-0.4, -0.2) is 56.4 Å². The lowest BCUT2D eigenvalue weighted by Gasteiger charge is -2.30. The molecule has 0 bridgehead atoms. The first kappa shape index (κ1) is 22.6. The van der Waals surface area contributed by atoms with E-state index in [0.717, 1.165) is 22.3 Å². The number of aromatic nitrogens is 2. The molecule has 1 fully saturated rings. The summed E-state index contributed by atoms with van der Waals surface area (Å²) in [4.78, 5) is 39.1. The molecule has 0 saturated carbocycles. The van der Waals surface area contributed by atoms with E-state index in [2.05, 4.69) is 22.5 Å². The Morgan fingerprint density at radius 3 is 2.37 bits per heavy atom. The molecule has 2 N–H and O–H groups in total. The minimum absolute atomic E-state index is 0.0182. The number of ether oxygens (including phenoxy) is 1. The van der Waals surface area contributed by atoms with E-state index >= 15 is 0 Å². The lowest BCUT2D eigenvalue weighted by Crippen LogP contribution is -2.51. The molecule has 1 atom stereocenters. The smallest absolute Gasteiger partial charge is 0.411 e. The van der Waals surface area contributed by atoms with Crippen molar-refractivity contribution in [3.63, 3.8) is 0 Å². The predicted molar refractivity (Wildman–Crippen MR) is 128 cm³/mol. The molecular weight excluding hydrogens is 448 g/mol. The Hall–Kier alpha value is -4.14. The monoisotopic (exact) mass is 474 g/mol. The molecule has 9 nitrogen and oxygen atoms in total. The van der Waals surface area contributed by atoms with Gasteiger partial charge in [-0.2, -0.15) is 5.10 Å². The number of rotatable bonds is 5. The van der Waals surface area contributed by atoms with E-state index in [-0.39, 0.29) is 23.9 Å². The van der Waals surface area contributed by atoms with E-state index in [0.29, 0.717) is 19.4 Å². The lowest BCUT2D eigenvalue weighted by atomic mass is 9.98. The molecule has 9 heteroatoms. The number of aryl methyl sites for hydroxylation is 1. The summed E-state index contributed by atoms with van der Waals surface area (Å²) in [6, 6.07) is 16.1. The van der Waals surface area contributed by atoms with Gasteiger partial charge in [-0.1, -0.05) is 48.5 Å². The summed E-state index contributed by atoms with van der Waals surface area (Å²) in [5, 5.41) is 16.5. The molecule has 2 amide bonds. The topological polar surface area (TPSA) is 114 Å². The number of carbonyl (C=O) groups excluding carboxylic acids is 2. The molecule has 0 spiro atoms. The van der Waals surface area contributed by atoms with Crippen LogP contribution < -0.4 is 5.32 Å². The standard InChI is InChI=1S/C26H26N4O5/c1-26(24(32)33)12-7-13-30(26)23(31)22-21(14-29(2)28-22)27-25(34)35-15-20-18-10-5-3-8-16(18)17-9-4-6-11-19(17)20/h3-6,8-11,14,20H,7,12-13,15H2,1-2H3,(H,27,34)(H,32,33). The van der Waals surface area contributed by atoms with Crippen LogP contribution in [0.5, 0.6) is 0 Å². The highest BCUT2D eigenvalue weighted by Gasteiger charge is 2.47. The number of nitrogens with one attached hydrogen (secondary N) is 1. The molecule has 5 rings (SSSR count). The number of likely N-dealkylation sites (tertiary alicyclic amines) is 1. The number of carbonyl (C=O) groups is 3. The van der Waals surface area contributed by atoms with Crippen molar-refractivity contribution < 1.29 is 24.2 Å². The molecule has 0 radical (unpaired) electrons. The third kappa shape index (κ3) is 3.82. The van der Waals surface area contributed by atoms with Crippen LogP contribution in [0.15, 0.2) is 54.7 Å². The molecular formula is C26H26N4O5. The number of carboxylic acids is 1. The van der Waals surface area contributed by atoms with Crippen LogP contribution in [0.1, 0.15) is 47.3 Å². The number of hydrogen-bond acceptors (Lipinski definition) is 5. The molecule has 1 aliphatic heterocycles. The van der Waals surface area contributed by atoms with Crippen LogP contribution >= 0.6 is 0 Å². The van der Waals surface area contributed by atoms with Crippen LogP contribution in [-0.2, 0) is 16.6 Å². The summed E-state index contributed by atoms with van der Waals surface area (Å²) in [6.07, 6.45) is 1.73. The first-order valence-electron chi connectivity index (χ1n) is 11.5. The van der Waals surface area contributed by atoms with Crippen molar-refractivity contribution in [2.45, 2.75) is 31.2 Å². The normalized spacial score (nSPS) is 18.7. The number of nitrogens with zero attached hydrogens (tertiary/aromatic N) is 3. The summed E-state index contributed by atoms with van der Waals surface area (Å²) < 4.78 is 6.99. The van der Waals surface area contributed by atoms with E-state index < -0.39 is 23.5 Å². The molecule has 3 aromatic rings. The molecule has 1 aromatic heterocycles. The van der Waals surface area contributed by atoms with Crippen molar-refractivity contribution in [1.82, 2.24) is 14.7 Å². The van der Waals surface area contributed by atoms with Gasteiger partial charge >= 0.3 is 12.1 Å². The number of anilines is 1. The fourth-order valence-corrected chi connectivity index (χ4v) is 5.12. The number of carboxylic acid groups (broad SMARTS) is 1. The summed E-state index contributed by atoms with van der Waals surface area (Å²) >= 11 is 0. The zero-order chi connectivity index (χ0) is 24.7. The highest BCUT2D eigenvalue weighted by atomic mass is 16.5. The van der Waals surface area contributed by atoms with Crippen LogP contribution in [0, 0.1) is 0 Å². The van der Waals surface area contributed by atoms with E-state index in [1.807, 2.05) is 36.4 Å². The molecule has 1 aliphatic carbocycles. The lowest BCUT2D eigenvalue weighted by molar-refractivity contribution is -0.147. The second-order valence-corrected chi connectivity index (χ2v) is 9.15. The number of fused-ring (bicyclic) bond motifs is 3. The summed E-state index contributed by atoms with van der Waals surface area (Å²) in [5.41, 5.74) is 3.30. The second kappa shape index (κ2) is 8.57. The van der Waals surface area contributed by atoms with Gasteiger partial charge in [-0.25, -0.2) is 9.59 Å². The average Bonchev–Trinajstić information content (AvgIpc) is 3.51. The van der Waals surface area contributed by atoms with Gasteiger partial charge in [-0.15, -0.1) is 0 Å². The highest BCUT2D eigenvalue weighted by Crippen LogP contribution is 2.44. The van der Waals surface area contributed by atoms with E-state index in [4.69, 9.17) is 4.74 Å². The zero-order valence-corrected chi connectivity index (χ0v) is 19.5. The average molecular weight is 475 g/mol. The van der Waals surface area contributed by atoms with Gasteiger partial charge in [0.1, 0.15) is 12.1 Å². The molecule has 1 saturated heterocycles. The summed E-state index contributed by atoms with van der Waals surface area (Å²) in [7, 11) is 1.63. The van der Waals surface area contributed by atoms with Gasteiger partial charge in [0.05, 0.1) is 5.69 Å². The number of hydrogen-bond donors (Lipinski definition) is 2. The van der Waals surface area contributed by atoms with Gasteiger partial charge in [-0.05, 0) is 42.0 Å². The first-order valence-corrected chi connectivity index (χ1v) is 11.5. The minimum Gasteiger partial charge on any atom is -0.480 e. The Morgan fingerprint density at radius 1 is 1.11 bits per heavy atom. The quantitative estimate of drug-likeness (QED) is 0.581. The number of amides is 2. The SMILES string of the molecule is Cn1cc(NC(=O)OCC2c3ccccc3-c3ccccc32)c(C(=O)N2CCCC2(C)C(=O)O)n1. The Kier molecular flexibility index (Phi) is 5.55. The zero-order valence-electron chi connectivity index (χ0n) is 19.5. The Bertz CT molecular complexity index is 1290. The molecule has 2 aromatic carbocycles. The van der Waals surface area contributed by atoms with Crippen LogP contribution in [0.25, 0.3) is 11.1 Å².